The van der Waals surface area contributed by atoms with Crippen molar-refractivity contribution < 1.29 is 14.8 Å². The van der Waals surface area contributed by atoms with Crippen molar-refractivity contribution in [1.82, 2.24) is 0 Å². The number of non-ortho nitro benzene ring substituents is 1. The van der Waals surface area contributed by atoms with Gasteiger partial charge in [0, 0.05) is 23.9 Å². The van der Waals surface area contributed by atoms with Gasteiger partial charge in [-0.15, -0.1) is 0 Å². The van der Waals surface area contributed by atoms with Crippen LogP contribution in [0.4, 0.5) is 11.4 Å². The second-order valence-electron chi connectivity index (χ2n) is 4.37. The summed E-state index contributed by atoms with van der Waals surface area (Å²) in [6, 6.07) is 4.80. The number of aliphatic hydroxyl groups is 1. The molecule has 98 valence electrons. The first-order chi connectivity index (χ1) is 8.58. The Hall–Kier alpha value is -1.82. The van der Waals surface area contributed by atoms with Crippen molar-refractivity contribution in [3.8, 4) is 5.75 Å². The maximum absolute atomic E-state index is 10.8. The minimum atomic E-state index is -0.441. The van der Waals surface area contributed by atoms with Crippen LogP contribution in [0.1, 0.15) is 19.8 Å². The van der Waals surface area contributed by atoms with E-state index in [1.165, 1.54) is 12.1 Å². The van der Waals surface area contributed by atoms with Crippen molar-refractivity contribution in [2.24, 2.45) is 0 Å². The highest BCUT2D eigenvalue weighted by Crippen LogP contribution is 2.29. The molecule has 2 rings (SSSR count). The first-order valence-corrected chi connectivity index (χ1v) is 5.95. The molecule has 6 heteroatoms. The zero-order chi connectivity index (χ0) is 13.1. The van der Waals surface area contributed by atoms with Gasteiger partial charge in [-0.05, 0) is 19.8 Å². The van der Waals surface area contributed by atoms with Gasteiger partial charge in [0.25, 0.3) is 5.69 Å². The van der Waals surface area contributed by atoms with Crippen molar-refractivity contribution in [2.75, 3.05) is 11.9 Å². The first-order valence-electron chi connectivity index (χ1n) is 5.95. The highest BCUT2D eigenvalue weighted by atomic mass is 16.6. The lowest BCUT2D eigenvalue weighted by Gasteiger charge is -2.32. The van der Waals surface area contributed by atoms with Crippen molar-refractivity contribution in [1.29, 1.82) is 0 Å². The monoisotopic (exact) mass is 252 g/mol. The molecule has 0 aliphatic heterocycles. The standard InChI is InChI=1S/C12H16N2O4/c1-2-18-12-6-8(3-10(7-12)14(16)17)13-9-4-11(15)5-9/h3,6-7,9,11,13,15H,2,4-5H2,1H3. The van der Waals surface area contributed by atoms with Gasteiger partial charge < -0.3 is 15.2 Å². The van der Waals surface area contributed by atoms with Crippen molar-refractivity contribution in [2.45, 2.75) is 31.9 Å². The van der Waals surface area contributed by atoms with Crippen LogP contribution < -0.4 is 10.1 Å². The molecule has 0 unspecified atom stereocenters. The Morgan fingerprint density at radius 2 is 2.22 bits per heavy atom. The number of rotatable bonds is 5. The van der Waals surface area contributed by atoms with Crippen molar-refractivity contribution >= 4 is 11.4 Å². The van der Waals surface area contributed by atoms with Crippen LogP contribution in [-0.4, -0.2) is 28.8 Å². The molecule has 0 saturated heterocycles. The Morgan fingerprint density at radius 1 is 1.50 bits per heavy atom. The Morgan fingerprint density at radius 3 is 2.78 bits per heavy atom. The summed E-state index contributed by atoms with van der Waals surface area (Å²) < 4.78 is 5.30. The fraction of sp³-hybridized carbons (Fsp3) is 0.500. The number of hydrogen-bond donors (Lipinski definition) is 2. The van der Waals surface area contributed by atoms with Gasteiger partial charge >= 0.3 is 0 Å². The summed E-state index contributed by atoms with van der Waals surface area (Å²) in [6.07, 6.45) is 1.09. The number of nitro groups is 1. The summed E-state index contributed by atoms with van der Waals surface area (Å²) in [5.41, 5.74) is 0.660. The maximum Gasteiger partial charge on any atom is 0.275 e. The van der Waals surface area contributed by atoms with Gasteiger partial charge in [-0.2, -0.15) is 0 Å². The Balaban J connectivity index is 2.14. The van der Waals surface area contributed by atoms with Crippen LogP contribution in [0.15, 0.2) is 18.2 Å². The van der Waals surface area contributed by atoms with E-state index in [1.807, 2.05) is 6.92 Å². The van der Waals surface area contributed by atoms with Crippen molar-refractivity contribution in [3.63, 3.8) is 0 Å². The van der Waals surface area contributed by atoms with E-state index in [0.717, 1.165) is 0 Å². The highest BCUT2D eigenvalue weighted by molar-refractivity contribution is 5.57. The SMILES string of the molecule is CCOc1cc(NC2CC(O)C2)cc([N+](=O)[O-])c1. The minimum Gasteiger partial charge on any atom is -0.494 e. The van der Waals surface area contributed by atoms with E-state index in [2.05, 4.69) is 5.32 Å². The van der Waals surface area contributed by atoms with E-state index in [1.54, 1.807) is 6.07 Å². The number of anilines is 1. The summed E-state index contributed by atoms with van der Waals surface area (Å²) in [6.45, 7) is 2.29. The van der Waals surface area contributed by atoms with Crippen LogP contribution in [0.2, 0.25) is 0 Å². The summed E-state index contributed by atoms with van der Waals surface area (Å²) >= 11 is 0. The van der Waals surface area contributed by atoms with E-state index in [9.17, 15) is 15.2 Å². The summed E-state index contributed by atoms with van der Waals surface area (Å²) in [5, 5.41) is 23.2. The van der Waals surface area contributed by atoms with Gasteiger partial charge in [-0.3, -0.25) is 10.1 Å². The molecule has 0 spiro atoms. The van der Waals surface area contributed by atoms with Crippen LogP contribution in [0.3, 0.4) is 0 Å². The van der Waals surface area contributed by atoms with E-state index in [-0.39, 0.29) is 17.8 Å². The molecule has 18 heavy (non-hydrogen) atoms. The zero-order valence-corrected chi connectivity index (χ0v) is 10.1. The molecule has 0 atom stereocenters. The summed E-state index contributed by atoms with van der Waals surface area (Å²) in [7, 11) is 0. The molecular formula is C12H16N2O4. The van der Waals surface area contributed by atoms with E-state index in [0.29, 0.717) is 30.9 Å². The minimum absolute atomic E-state index is 0.00308. The molecule has 0 bridgehead atoms. The first kappa shape index (κ1) is 12.6. The normalized spacial score (nSPS) is 22.1. The van der Waals surface area contributed by atoms with Gasteiger partial charge in [0.05, 0.1) is 23.7 Å². The second kappa shape index (κ2) is 5.22. The maximum atomic E-state index is 10.8. The quantitative estimate of drug-likeness (QED) is 0.617. The number of hydrogen-bond acceptors (Lipinski definition) is 5. The van der Waals surface area contributed by atoms with Gasteiger partial charge in [0.1, 0.15) is 5.75 Å². The molecule has 1 aromatic carbocycles. The predicted molar refractivity (Wildman–Crippen MR) is 66.9 cm³/mol. The lowest BCUT2D eigenvalue weighted by molar-refractivity contribution is -0.384. The van der Waals surface area contributed by atoms with Crippen molar-refractivity contribution in [3.05, 3.63) is 28.3 Å². The zero-order valence-electron chi connectivity index (χ0n) is 10.1. The fourth-order valence-electron chi connectivity index (χ4n) is 1.96. The summed E-state index contributed by atoms with van der Waals surface area (Å²) in [5.74, 6) is 0.481. The van der Waals surface area contributed by atoms with E-state index < -0.39 is 4.92 Å². The third-order valence-corrected chi connectivity index (χ3v) is 2.90. The molecule has 1 fully saturated rings. The lowest BCUT2D eigenvalue weighted by Crippen LogP contribution is -2.38. The second-order valence-corrected chi connectivity index (χ2v) is 4.37. The topological polar surface area (TPSA) is 84.6 Å². The third-order valence-electron chi connectivity index (χ3n) is 2.90. The van der Waals surface area contributed by atoms with Gasteiger partial charge in [0.15, 0.2) is 0 Å². The molecule has 1 aliphatic rings. The number of nitro benzene ring substituents is 1. The molecule has 0 heterocycles. The smallest absolute Gasteiger partial charge is 0.275 e. The van der Waals surface area contributed by atoms with Crippen LogP contribution in [0.25, 0.3) is 0 Å². The number of nitrogens with one attached hydrogen (secondary N) is 1. The number of ether oxygens (including phenoxy) is 1. The molecule has 0 amide bonds. The van der Waals surface area contributed by atoms with E-state index >= 15 is 0 Å². The molecule has 1 aliphatic carbocycles. The molecule has 0 aromatic heterocycles. The molecule has 6 nitrogen and oxygen atoms in total. The van der Waals surface area contributed by atoms with Crippen LogP contribution in [0, 0.1) is 10.1 Å². The van der Waals surface area contributed by atoms with Gasteiger partial charge in [-0.1, -0.05) is 0 Å². The van der Waals surface area contributed by atoms with E-state index in [4.69, 9.17) is 4.74 Å². The largest absolute Gasteiger partial charge is 0.494 e. The summed E-state index contributed by atoms with van der Waals surface area (Å²) in [4.78, 5) is 10.4. The Labute approximate surface area is 105 Å². The fourth-order valence-corrected chi connectivity index (χ4v) is 1.96. The molecular weight excluding hydrogens is 236 g/mol. The molecule has 2 N–H and O–H groups in total. The van der Waals surface area contributed by atoms with Gasteiger partial charge in [-0.25, -0.2) is 0 Å². The number of aliphatic hydroxyl groups excluding tert-OH is 1. The van der Waals surface area contributed by atoms with Crippen LogP contribution in [-0.2, 0) is 0 Å². The highest BCUT2D eigenvalue weighted by Gasteiger charge is 2.27. The third kappa shape index (κ3) is 2.89. The Bertz CT molecular complexity index is 444. The number of nitrogens with zero attached hydrogens (tertiary/aromatic N) is 1. The molecule has 0 radical (unpaired) electrons. The Kier molecular flexibility index (Phi) is 3.66. The van der Waals surface area contributed by atoms with Crippen LogP contribution >= 0.6 is 0 Å². The predicted octanol–water partition coefficient (Wildman–Crippen LogP) is 1.93. The van der Waals surface area contributed by atoms with Crippen LogP contribution in [0.5, 0.6) is 5.75 Å². The average molecular weight is 252 g/mol. The van der Waals surface area contributed by atoms with Gasteiger partial charge in [0.2, 0.25) is 0 Å². The molecule has 1 saturated carbocycles. The number of benzene rings is 1. The molecule has 1 aromatic rings. The lowest BCUT2D eigenvalue weighted by atomic mass is 9.89. The average Bonchev–Trinajstić information content (AvgIpc) is 2.27.